The van der Waals surface area contributed by atoms with Gasteiger partial charge in [0.15, 0.2) is 11.5 Å². The normalized spacial score (nSPS) is 16.3. The number of fused-ring (bicyclic) bond motifs is 1. The average Bonchev–Trinajstić information content (AvgIpc) is 2.81. The van der Waals surface area contributed by atoms with Gasteiger partial charge in [-0.3, -0.25) is 4.79 Å². The number of nitrogens with two attached hydrogens (primary N) is 1. The highest BCUT2D eigenvalue weighted by atomic mass is 19.4. The van der Waals surface area contributed by atoms with Gasteiger partial charge < -0.3 is 30.2 Å². The Labute approximate surface area is 203 Å². The minimum atomic E-state index is -4.66. The number of rotatable bonds is 7. The molecule has 1 atom stereocenters. The molecular formula is C22H24F3N7O4. The lowest BCUT2D eigenvalue weighted by Crippen LogP contribution is -2.46. The molecule has 36 heavy (non-hydrogen) atoms. The number of hydrogen-bond acceptors (Lipinski definition) is 10. The van der Waals surface area contributed by atoms with Crippen molar-refractivity contribution >= 4 is 28.4 Å². The molecular weight excluding hydrogens is 483 g/mol. The first-order valence-electron chi connectivity index (χ1n) is 10.8. The van der Waals surface area contributed by atoms with E-state index in [1.54, 1.807) is 31.0 Å². The standard InChI is InChI=1S/C22H24F3N7O4/c1-11-28-14-5-15(34-3)16(36-9-12-8-32(2)20(33)10-35-12)4-13(14)21(29-11)27-7-19-30-17(22(23,24)25)6-18(26)31-19/h4-6,12H,7-10H2,1-3H3,(H2,26,30,31)(H,27,28,29)/t12-/m0/s1. The maximum Gasteiger partial charge on any atom is 0.433 e. The first-order chi connectivity index (χ1) is 17.0. The van der Waals surface area contributed by atoms with Crippen molar-refractivity contribution in [2.24, 2.45) is 0 Å². The number of anilines is 2. The molecule has 4 rings (SSSR count). The van der Waals surface area contributed by atoms with Crippen LogP contribution in [0.2, 0.25) is 0 Å². The molecule has 11 nitrogen and oxygen atoms in total. The van der Waals surface area contributed by atoms with Gasteiger partial charge >= 0.3 is 6.18 Å². The molecule has 3 heterocycles. The quantitative estimate of drug-likeness (QED) is 0.489. The molecule has 3 aromatic rings. The summed E-state index contributed by atoms with van der Waals surface area (Å²) in [4.78, 5) is 29.4. The van der Waals surface area contributed by atoms with Crippen molar-refractivity contribution in [3.05, 3.63) is 35.5 Å². The van der Waals surface area contributed by atoms with E-state index in [2.05, 4.69) is 25.3 Å². The number of nitrogens with zero attached hydrogens (tertiary/aromatic N) is 5. The molecule has 1 aliphatic rings. The summed E-state index contributed by atoms with van der Waals surface area (Å²) in [6.07, 6.45) is -4.99. The molecule has 1 saturated heterocycles. The minimum Gasteiger partial charge on any atom is -0.493 e. The van der Waals surface area contributed by atoms with Gasteiger partial charge in [0.1, 0.15) is 48.3 Å². The fourth-order valence-electron chi connectivity index (χ4n) is 3.61. The van der Waals surface area contributed by atoms with Gasteiger partial charge in [-0.1, -0.05) is 0 Å². The maximum atomic E-state index is 13.1. The van der Waals surface area contributed by atoms with Gasteiger partial charge in [-0.05, 0) is 13.0 Å². The first kappa shape index (κ1) is 25.2. The Morgan fingerprint density at radius 3 is 2.67 bits per heavy atom. The monoisotopic (exact) mass is 507 g/mol. The van der Waals surface area contributed by atoms with Gasteiger partial charge in [0.2, 0.25) is 5.91 Å². The van der Waals surface area contributed by atoms with Gasteiger partial charge in [-0.25, -0.2) is 19.9 Å². The third kappa shape index (κ3) is 5.64. The number of likely N-dealkylation sites (N-methyl/N-ethyl adjacent to an activating group) is 1. The van der Waals surface area contributed by atoms with Gasteiger partial charge in [0.05, 0.1) is 19.2 Å². The lowest BCUT2D eigenvalue weighted by Gasteiger charge is -2.29. The van der Waals surface area contributed by atoms with Crippen molar-refractivity contribution in [2.45, 2.75) is 25.7 Å². The van der Waals surface area contributed by atoms with E-state index in [4.69, 9.17) is 19.9 Å². The molecule has 3 N–H and O–H groups in total. The summed E-state index contributed by atoms with van der Waals surface area (Å²) in [5, 5.41) is 3.50. The lowest BCUT2D eigenvalue weighted by molar-refractivity contribution is -0.148. The Kier molecular flexibility index (Phi) is 6.97. The number of ether oxygens (including phenoxy) is 3. The van der Waals surface area contributed by atoms with Crippen molar-refractivity contribution in [3.8, 4) is 11.5 Å². The van der Waals surface area contributed by atoms with Gasteiger partial charge in [-0.15, -0.1) is 0 Å². The molecule has 0 aliphatic carbocycles. The highest BCUT2D eigenvalue weighted by molar-refractivity contribution is 5.91. The fraction of sp³-hybridized carbons (Fsp3) is 0.409. The lowest BCUT2D eigenvalue weighted by atomic mass is 10.2. The highest BCUT2D eigenvalue weighted by Gasteiger charge is 2.33. The van der Waals surface area contributed by atoms with Crippen molar-refractivity contribution in [2.75, 3.05) is 45.0 Å². The molecule has 0 saturated carbocycles. The van der Waals surface area contributed by atoms with Crippen LogP contribution in [0.25, 0.3) is 10.9 Å². The van der Waals surface area contributed by atoms with Crippen LogP contribution in [0.1, 0.15) is 17.3 Å². The Hall–Kier alpha value is -3.94. The number of hydrogen-bond donors (Lipinski definition) is 2. The van der Waals surface area contributed by atoms with E-state index < -0.39 is 11.9 Å². The van der Waals surface area contributed by atoms with Crippen LogP contribution < -0.4 is 20.5 Å². The number of carbonyl (C=O) groups excluding carboxylic acids is 1. The van der Waals surface area contributed by atoms with E-state index in [9.17, 15) is 18.0 Å². The van der Waals surface area contributed by atoms with Crippen LogP contribution in [0, 0.1) is 6.92 Å². The molecule has 0 radical (unpaired) electrons. The van der Waals surface area contributed by atoms with Crippen LogP contribution >= 0.6 is 0 Å². The molecule has 1 aliphatic heterocycles. The number of halogens is 3. The second kappa shape index (κ2) is 9.97. The van der Waals surface area contributed by atoms with E-state index in [1.807, 2.05) is 0 Å². The second-order valence-electron chi connectivity index (χ2n) is 8.10. The third-order valence-corrected chi connectivity index (χ3v) is 5.36. The van der Waals surface area contributed by atoms with Crippen molar-refractivity contribution in [1.29, 1.82) is 0 Å². The summed E-state index contributed by atoms with van der Waals surface area (Å²) < 4.78 is 56.2. The van der Waals surface area contributed by atoms with Crippen molar-refractivity contribution < 1.29 is 32.2 Å². The Morgan fingerprint density at radius 1 is 1.19 bits per heavy atom. The van der Waals surface area contributed by atoms with E-state index in [-0.39, 0.29) is 43.4 Å². The third-order valence-electron chi connectivity index (χ3n) is 5.36. The number of aromatic nitrogens is 4. The smallest absolute Gasteiger partial charge is 0.433 e. The summed E-state index contributed by atoms with van der Waals surface area (Å²) in [7, 11) is 3.17. The van der Waals surface area contributed by atoms with Crippen molar-refractivity contribution in [1.82, 2.24) is 24.8 Å². The molecule has 1 aromatic carbocycles. The molecule has 14 heteroatoms. The van der Waals surface area contributed by atoms with E-state index >= 15 is 0 Å². The number of carbonyl (C=O) groups is 1. The molecule has 0 bridgehead atoms. The highest BCUT2D eigenvalue weighted by Crippen LogP contribution is 2.35. The number of benzene rings is 1. The van der Waals surface area contributed by atoms with E-state index in [0.29, 0.717) is 46.7 Å². The van der Waals surface area contributed by atoms with E-state index in [1.165, 1.54) is 7.11 Å². The fourth-order valence-corrected chi connectivity index (χ4v) is 3.61. The molecule has 2 aromatic heterocycles. The van der Waals surface area contributed by atoms with E-state index in [0.717, 1.165) is 0 Å². The topological polar surface area (TPSA) is 138 Å². The molecule has 192 valence electrons. The second-order valence-corrected chi connectivity index (χ2v) is 8.10. The summed E-state index contributed by atoms with van der Waals surface area (Å²) in [6.45, 7) is 2.02. The first-order valence-corrected chi connectivity index (χ1v) is 10.8. The van der Waals surface area contributed by atoms with Gasteiger partial charge in [-0.2, -0.15) is 13.2 Å². The number of aryl methyl sites for hydroxylation is 1. The van der Waals surface area contributed by atoms with Crippen LogP contribution in [0.15, 0.2) is 18.2 Å². The minimum absolute atomic E-state index is 0.0251. The SMILES string of the molecule is COc1cc2nc(C)nc(NCc3nc(N)cc(C(F)(F)F)n3)c2cc1OC[C@@H]1CN(C)C(=O)CO1. The maximum absolute atomic E-state index is 13.1. The molecule has 0 spiro atoms. The number of morpholine rings is 1. The van der Waals surface area contributed by atoms with Crippen LogP contribution in [0.3, 0.4) is 0 Å². The summed E-state index contributed by atoms with van der Waals surface area (Å²) >= 11 is 0. The number of amides is 1. The van der Waals surface area contributed by atoms with Crippen LogP contribution in [-0.4, -0.2) is 70.8 Å². The van der Waals surface area contributed by atoms with Gasteiger partial charge in [0, 0.05) is 31.1 Å². The Bertz CT molecular complexity index is 1290. The van der Waals surface area contributed by atoms with Crippen LogP contribution in [0.5, 0.6) is 11.5 Å². The zero-order valence-electron chi connectivity index (χ0n) is 19.7. The summed E-state index contributed by atoms with van der Waals surface area (Å²) in [5.74, 6) is 1.01. The number of methoxy groups -OCH3 is 1. The van der Waals surface area contributed by atoms with Crippen LogP contribution in [0.4, 0.5) is 24.8 Å². The number of alkyl halides is 3. The molecule has 1 amide bonds. The zero-order chi connectivity index (χ0) is 26.0. The predicted molar refractivity (Wildman–Crippen MR) is 122 cm³/mol. The number of nitrogens with one attached hydrogen (secondary N) is 1. The van der Waals surface area contributed by atoms with Crippen LogP contribution in [-0.2, 0) is 22.3 Å². The Morgan fingerprint density at radius 2 is 1.97 bits per heavy atom. The number of nitrogen functional groups attached to an aromatic ring is 1. The Balaban J connectivity index is 1.59. The summed E-state index contributed by atoms with van der Waals surface area (Å²) in [5.41, 5.74) is 4.93. The van der Waals surface area contributed by atoms with Crippen molar-refractivity contribution in [3.63, 3.8) is 0 Å². The molecule has 1 fully saturated rings. The average molecular weight is 507 g/mol. The molecule has 0 unspecified atom stereocenters. The largest absolute Gasteiger partial charge is 0.493 e. The summed E-state index contributed by atoms with van der Waals surface area (Å²) in [6, 6.07) is 4.00. The predicted octanol–water partition coefficient (Wildman–Crippen LogP) is 2.19. The van der Waals surface area contributed by atoms with Gasteiger partial charge in [0.25, 0.3) is 0 Å². The zero-order valence-corrected chi connectivity index (χ0v) is 19.7.